The normalized spacial score (nSPS) is 15.7. The molecule has 0 aliphatic carbocycles. The fourth-order valence-electron chi connectivity index (χ4n) is 4.20. The number of carbonyl (C=O) groups is 1. The summed E-state index contributed by atoms with van der Waals surface area (Å²) in [6, 6.07) is 7.75. The molecule has 1 aliphatic rings. The number of hydrogen-bond donors (Lipinski definition) is 3. The largest absolute Gasteiger partial charge is 0.381 e. The van der Waals surface area contributed by atoms with E-state index in [9.17, 15) is 4.79 Å². The van der Waals surface area contributed by atoms with E-state index in [4.69, 9.17) is 15.5 Å². The Morgan fingerprint density at radius 2 is 1.97 bits per heavy atom. The third-order valence-electron chi connectivity index (χ3n) is 6.48. The second-order valence-corrected chi connectivity index (χ2v) is 9.32. The molecule has 1 unspecified atom stereocenters. The van der Waals surface area contributed by atoms with Gasteiger partial charge in [0.15, 0.2) is 5.65 Å². The molecule has 8 heteroatoms. The summed E-state index contributed by atoms with van der Waals surface area (Å²) >= 11 is 0. The maximum Gasteiger partial charge on any atom is 0.240 e. The topological polar surface area (TPSA) is 107 Å². The van der Waals surface area contributed by atoms with Crippen molar-refractivity contribution >= 4 is 23.2 Å². The molecule has 8 nitrogen and oxygen atoms in total. The van der Waals surface area contributed by atoms with Gasteiger partial charge >= 0.3 is 0 Å². The fourth-order valence-corrected chi connectivity index (χ4v) is 4.20. The predicted octanol–water partition coefficient (Wildman–Crippen LogP) is 3.77. The number of nitrogens with two attached hydrogens (primary N) is 1. The smallest absolute Gasteiger partial charge is 0.240 e. The van der Waals surface area contributed by atoms with Gasteiger partial charge in [0.2, 0.25) is 5.91 Å². The van der Waals surface area contributed by atoms with Gasteiger partial charge in [-0.15, -0.1) is 0 Å². The summed E-state index contributed by atoms with van der Waals surface area (Å²) in [5.74, 6) is 1.60. The molecule has 3 aromatic rings. The first-order valence-corrected chi connectivity index (χ1v) is 11.7. The third-order valence-corrected chi connectivity index (χ3v) is 6.48. The highest BCUT2D eigenvalue weighted by molar-refractivity contribution is 5.84. The van der Waals surface area contributed by atoms with E-state index in [2.05, 4.69) is 47.8 Å². The molecule has 1 amide bonds. The number of nitrogens with one attached hydrogen (secondary N) is 2. The monoisotopic (exact) mass is 450 g/mol. The van der Waals surface area contributed by atoms with Gasteiger partial charge in [-0.1, -0.05) is 32.0 Å². The Hall–Kier alpha value is -3.13. The lowest BCUT2D eigenvalue weighted by Gasteiger charge is -2.23. The van der Waals surface area contributed by atoms with Gasteiger partial charge in [0.25, 0.3) is 0 Å². The van der Waals surface area contributed by atoms with Crippen LogP contribution in [0, 0.1) is 25.7 Å². The minimum Gasteiger partial charge on any atom is -0.381 e. The Bertz CT molecular complexity index is 1130. The van der Waals surface area contributed by atoms with Crippen LogP contribution in [0.25, 0.3) is 16.8 Å². The average Bonchev–Trinajstić information content (AvgIpc) is 3.22. The van der Waals surface area contributed by atoms with Crippen molar-refractivity contribution in [3.05, 3.63) is 41.6 Å². The van der Waals surface area contributed by atoms with Gasteiger partial charge in [-0.25, -0.2) is 4.98 Å². The molecule has 176 valence electrons. The number of carbonyl (C=O) groups excluding carboxylic acids is 1. The molecule has 1 aliphatic heterocycles. The van der Waals surface area contributed by atoms with Crippen molar-refractivity contribution in [2.45, 2.75) is 46.6 Å². The van der Waals surface area contributed by atoms with E-state index in [-0.39, 0.29) is 5.92 Å². The summed E-state index contributed by atoms with van der Waals surface area (Å²) in [7, 11) is 0. The Morgan fingerprint density at radius 1 is 1.21 bits per heavy atom. The van der Waals surface area contributed by atoms with Crippen LogP contribution < -0.4 is 16.4 Å². The van der Waals surface area contributed by atoms with Gasteiger partial charge in [-0.05, 0) is 55.2 Å². The van der Waals surface area contributed by atoms with Crippen LogP contribution in [0.2, 0.25) is 0 Å². The number of anilines is 2. The Morgan fingerprint density at radius 3 is 2.64 bits per heavy atom. The first-order valence-electron chi connectivity index (χ1n) is 11.7. The Labute approximate surface area is 194 Å². The Balaban J connectivity index is 1.74. The molecule has 0 saturated carbocycles. The lowest BCUT2D eigenvalue weighted by molar-refractivity contribution is -0.119. The number of nitrogens with zero attached hydrogens (tertiary/aromatic N) is 3. The van der Waals surface area contributed by atoms with Crippen molar-refractivity contribution in [2.75, 3.05) is 30.4 Å². The van der Waals surface area contributed by atoms with E-state index >= 15 is 0 Å². The van der Waals surface area contributed by atoms with Crippen molar-refractivity contribution < 1.29 is 9.53 Å². The number of benzene rings is 1. The summed E-state index contributed by atoms with van der Waals surface area (Å²) in [5, 5.41) is 11.5. The van der Waals surface area contributed by atoms with Crippen LogP contribution in [0.5, 0.6) is 0 Å². The molecule has 0 bridgehead atoms. The van der Waals surface area contributed by atoms with Gasteiger partial charge in [0.05, 0.1) is 6.20 Å². The molecule has 33 heavy (non-hydrogen) atoms. The maximum atomic E-state index is 12.0. The second kappa shape index (κ2) is 9.79. The first kappa shape index (κ1) is 23.0. The number of ether oxygens (including phenoxy) is 1. The van der Waals surface area contributed by atoms with Crippen molar-refractivity contribution in [3.8, 4) is 11.1 Å². The predicted molar refractivity (Wildman–Crippen MR) is 131 cm³/mol. The number of rotatable bonds is 8. The standard InChI is InChI=1S/C25H34N6O2/c1-15(2)23(24(26)32)29-21-12-22(27-13-18-7-9-33-10-8-18)31-25(30-21)20(14-28-31)19-6-5-16(3)17(4)11-19/h5-6,11-12,14-15,18,23,27H,7-10,13H2,1-4H3,(H2,26,32)(H,29,30). The molecular formula is C25H34N6O2. The van der Waals surface area contributed by atoms with Crippen LogP contribution in [0.4, 0.5) is 11.6 Å². The highest BCUT2D eigenvalue weighted by Crippen LogP contribution is 2.29. The average molecular weight is 451 g/mol. The van der Waals surface area contributed by atoms with Gasteiger partial charge in [-0.3, -0.25) is 4.79 Å². The summed E-state index contributed by atoms with van der Waals surface area (Å²) in [4.78, 5) is 16.9. The molecule has 2 aromatic heterocycles. The molecule has 3 heterocycles. The summed E-state index contributed by atoms with van der Waals surface area (Å²) in [6.07, 6.45) is 3.93. The zero-order valence-electron chi connectivity index (χ0n) is 19.9. The summed E-state index contributed by atoms with van der Waals surface area (Å²) in [6.45, 7) is 10.6. The number of fused-ring (bicyclic) bond motifs is 1. The molecule has 4 rings (SSSR count). The van der Waals surface area contributed by atoms with Crippen molar-refractivity contribution in [3.63, 3.8) is 0 Å². The fraction of sp³-hybridized carbons (Fsp3) is 0.480. The number of aromatic nitrogens is 3. The van der Waals surface area contributed by atoms with E-state index in [0.717, 1.165) is 55.2 Å². The lowest BCUT2D eigenvalue weighted by Crippen LogP contribution is -2.39. The lowest BCUT2D eigenvalue weighted by atomic mass is 10.0. The van der Waals surface area contributed by atoms with Crippen molar-refractivity contribution in [1.29, 1.82) is 0 Å². The van der Waals surface area contributed by atoms with Gasteiger partial charge in [-0.2, -0.15) is 9.61 Å². The van der Waals surface area contributed by atoms with Gasteiger partial charge in [0, 0.05) is 31.4 Å². The van der Waals surface area contributed by atoms with Crippen LogP contribution in [0.3, 0.4) is 0 Å². The molecule has 0 radical (unpaired) electrons. The number of aryl methyl sites for hydroxylation is 2. The van der Waals surface area contributed by atoms with E-state index < -0.39 is 11.9 Å². The maximum absolute atomic E-state index is 12.0. The van der Waals surface area contributed by atoms with Crippen LogP contribution in [-0.2, 0) is 9.53 Å². The van der Waals surface area contributed by atoms with E-state index in [1.54, 1.807) is 0 Å². The van der Waals surface area contributed by atoms with E-state index in [0.29, 0.717) is 11.7 Å². The van der Waals surface area contributed by atoms with Crippen LogP contribution in [0.15, 0.2) is 30.5 Å². The SMILES string of the molecule is Cc1ccc(-c2cnn3c(NCC4CCOCC4)cc(NC(C(N)=O)C(C)C)nc23)cc1C. The molecule has 1 saturated heterocycles. The zero-order valence-corrected chi connectivity index (χ0v) is 19.9. The molecule has 1 atom stereocenters. The third kappa shape index (κ3) is 5.11. The minimum absolute atomic E-state index is 0.0308. The number of primary amides is 1. The second-order valence-electron chi connectivity index (χ2n) is 9.32. The highest BCUT2D eigenvalue weighted by Gasteiger charge is 2.22. The molecule has 4 N–H and O–H groups in total. The van der Waals surface area contributed by atoms with Crippen LogP contribution in [0.1, 0.15) is 37.8 Å². The van der Waals surface area contributed by atoms with Crippen molar-refractivity contribution in [1.82, 2.24) is 14.6 Å². The zero-order chi connectivity index (χ0) is 23.5. The minimum atomic E-state index is -0.517. The molecular weight excluding hydrogens is 416 g/mol. The number of hydrogen-bond acceptors (Lipinski definition) is 6. The van der Waals surface area contributed by atoms with Gasteiger partial charge in [0.1, 0.15) is 17.7 Å². The van der Waals surface area contributed by atoms with E-state index in [1.807, 2.05) is 30.6 Å². The quantitative estimate of drug-likeness (QED) is 0.482. The molecule has 0 spiro atoms. The molecule has 1 fully saturated rings. The van der Waals surface area contributed by atoms with Crippen molar-refractivity contribution in [2.24, 2.45) is 17.6 Å². The van der Waals surface area contributed by atoms with Crippen LogP contribution >= 0.6 is 0 Å². The van der Waals surface area contributed by atoms with Crippen LogP contribution in [-0.4, -0.2) is 46.3 Å². The molecule has 1 aromatic carbocycles. The van der Waals surface area contributed by atoms with Gasteiger partial charge < -0.3 is 21.1 Å². The highest BCUT2D eigenvalue weighted by atomic mass is 16.5. The Kier molecular flexibility index (Phi) is 6.83. The first-order chi connectivity index (χ1) is 15.8. The summed E-state index contributed by atoms with van der Waals surface area (Å²) in [5.41, 5.74) is 10.8. The number of amides is 1. The van der Waals surface area contributed by atoms with E-state index in [1.165, 1.54) is 11.1 Å². The summed E-state index contributed by atoms with van der Waals surface area (Å²) < 4.78 is 7.33.